The smallest absolute Gasteiger partial charge is 0.259 e. The lowest BCUT2D eigenvalue weighted by Crippen LogP contribution is -2.40. The van der Waals surface area contributed by atoms with Gasteiger partial charge in [-0.1, -0.05) is 23.7 Å². The molecule has 0 atom stereocenters. The molecule has 0 spiro atoms. The highest BCUT2D eigenvalue weighted by molar-refractivity contribution is 6.30. The van der Waals surface area contributed by atoms with E-state index in [0.29, 0.717) is 29.0 Å². The highest BCUT2D eigenvalue weighted by Crippen LogP contribution is 2.24. The maximum Gasteiger partial charge on any atom is 0.259 e. The number of aromatic nitrogens is 3. The number of nitrogens with zero attached hydrogens (tertiary/aromatic N) is 4. The summed E-state index contributed by atoms with van der Waals surface area (Å²) in [7, 11) is 3.69. The number of aryl methyl sites for hydroxylation is 1. The number of imidazole rings is 1. The van der Waals surface area contributed by atoms with Crippen LogP contribution in [0.25, 0.3) is 11.0 Å². The molecule has 0 saturated carbocycles. The van der Waals surface area contributed by atoms with Crippen LogP contribution in [0.5, 0.6) is 0 Å². The molecular weight excluding hydrogens is 452 g/mol. The van der Waals surface area contributed by atoms with Crippen molar-refractivity contribution in [3.63, 3.8) is 0 Å². The number of anilines is 3. The Labute approximate surface area is 202 Å². The Morgan fingerprint density at radius 2 is 1.97 bits per heavy atom. The summed E-state index contributed by atoms with van der Waals surface area (Å²) in [5.41, 5.74) is 4.67. The maximum atomic E-state index is 12.8. The molecule has 1 aliphatic heterocycles. The molecule has 5 rings (SSSR count). The third-order valence-electron chi connectivity index (χ3n) is 5.90. The number of pyridine rings is 1. The number of hydrogen-bond donors (Lipinski definition) is 2. The number of hydrogen-bond acceptors (Lipinski definition) is 6. The number of rotatable bonds is 7. The van der Waals surface area contributed by atoms with Crippen molar-refractivity contribution in [3.05, 3.63) is 76.9 Å². The second-order valence-corrected chi connectivity index (χ2v) is 8.76. The zero-order valence-corrected chi connectivity index (χ0v) is 19.7. The first-order chi connectivity index (χ1) is 16.5. The lowest BCUT2D eigenvalue weighted by Gasteiger charge is -2.27. The van der Waals surface area contributed by atoms with Crippen LogP contribution in [0, 0.1) is 0 Å². The van der Waals surface area contributed by atoms with Gasteiger partial charge in [0.25, 0.3) is 5.91 Å². The van der Waals surface area contributed by atoms with Gasteiger partial charge in [0, 0.05) is 38.1 Å². The summed E-state index contributed by atoms with van der Waals surface area (Å²) in [4.78, 5) is 23.2. The third-order valence-corrected chi connectivity index (χ3v) is 6.12. The lowest BCUT2D eigenvalue weighted by molar-refractivity contribution is 0.0211. The van der Waals surface area contributed by atoms with Gasteiger partial charge in [-0.3, -0.25) is 9.69 Å². The summed E-state index contributed by atoms with van der Waals surface area (Å²) < 4.78 is 7.28. The van der Waals surface area contributed by atoms with Crippen molar-refractivity contribution in [2.24, 2.45) is 7.05 Å². The van der Waals surface area contributed by atoms with Gasteiger partial charge >= 0.3 is 0 Å². The second-order valence-electron chi connectivity index (χ2n) is 8.33. The van der Waals surface area contributed by atoms with Crippen LogP contribution in [0.3, 0.4) is 0 Å². The summed E-state index contributed by atoms with van der Waals surface area (Å²) >= 11 is 5.88. The maximum absolute atomic E-state index is 12.8. The summed E-state index contributed by atoms with van der Waals surface area (Å²) in [5, 5.41) is 7.40. The van der Waals surface area contributed by atoms with Crippen molar-refractivity contribution in [2.75, 3.05) is 35.8 Å². The number of nitrogens with one attached hydrogen (secondary N) is 2. The molecule has 34 heavy (non-hydrogen) atoms. The van der Waals surface area contributed by atoms with Crippen LogP contribution in [-0.2, 0) is 18.3 Å². The van der Waals surface area contributed by atoms with Crippen molar-refractivity contribution >= 4 is 46.0 Å². The number of carbonyl (C=O) groups is 1. The zero-order valence-electron chi connectivity index (χ0n) is 19.0. The Morgan fingerprint density at radius 3 is 2.65 bits per heavy atom. The quantitative estimate of drug-likeness (QED) is 0.413. The average Bonchev–Trinajstić information content (AvgIpc) is 3.15. The first-order valence-electron chi connectivity index (χ1n) is 11.0. The van der Waals surface area contributed by atoms with E-state index >= 15 is 0 Å². The third kappa shape index (κ3) is 4.55. The van der Waals surface area contributed by atoms with Crippen LogP contribution >= 0.6 is 11.6 Å². The first-order valence-corrected chi connectivity index (χ1v) is 11.4. The van der Waals surface area contributed by atoms with Gasteiger partial charge < -0.3 is 19.9 Å². The van der Waals surface area contributed by atoms with Crippen LogP contribution < -0.4 is 15.5 Å². The van der Waals surface area contributed by atoms with E-state index in [1.165, 1.54) is 11.1 Å². The summed E-state index contributed by atoms with van der Waals surface area (Å²) in [6.45, 7) is 2.08. The monoisotopic (exact) mass is 476 g/mol. The molecule has 2 aromatic heterocycles. The molecule has 3 heterocycles. The Morgan fingerprint density at radius 1 is 1.18 bits per heavy atom. The Kier molecular flexibility index (Phi) is 6.08. The van der Waals surface area contributed by atoms with Crippen LogP contribution in [0.4, 0.5) is 17.5 Å². The van der Waals surface area contributed by atoms with Crippen molar-refractivity contribution < 1.29 is 9.53 Å². The molecule has 0 radical (unpaired) electrons. The average molecular weight is 477 g/mol. The van der Waals surface area contributed by atoms with Gasteiger partial charge in [0.2, 0.25) is 5.95 Å². The standard InChI is InChI=1S/C25H25ClN6O2/c1-31-22-11-19(29-20-14-34-15-20)8-9-21(22)30-25(31)28-12-16-3-5-17(6-4-16)24(33)32(2)23-10-7-18(26)13-27-23/h3-11,13,20,29H,12,14-15H2,1-2H3,(H,28,30). The van der Waals surface area contributed by atoms with Crippen LogP contribution in [0.15, 0.2) is 60.8 Å². The first kappa shape index (κ1) is 22.2. The molecule has 2 N–H and O–H groups in total. The van der Waals surface area contributed by atoms with E-state index in [2.05, 4.69) is 21.7 Å². The molecule has 0 aliphatic carbocycles. The van der Waals surface area contributed by atoms with Crippen molar-refractivity contribution in [1.29, 1.82) is 0 Å². The topological polar surface area (TPSA) is 84.3 Å². The zero-order chi connectivity index (χ0) is 23.7. The van der Waals surface area contributed by atoms with Gasteiger partial charge in [0.05, 0.1) is 35.3 Å². The minimum absolute atomic E-state index is 0.137. The molecular formula is C25H25ClN6O2. The molecule has 1 saturated heterocycles. The fourth-order valence-electron chi connectivity index (χ4n) is 3.80. The van der Waals surface area contributed by atoms with Gasteiger partial charge in [-0.2, -0.15) is 0 Å². The van der Waals surface area contributed by atoms with Gasteiger partial charge in [-0.15, -0.1) is 0 Å². The van der Waals surface area contributed by atoms with Gasteiger partial charge in [-0.25, -0.2) is 9.97 Å². The number of ether oxygens (including phenoxy) is 1. The number of halogens is 1. The number of benzene rings is 2. The predicted molar refractivity (Wildman–Crippen MR) is 135 cm³/mol. The Balaban J connectivity index is 1.24. The molecule has 8 nitrogen and oxygen atoms in total. The van der Waals surface area contributed by atoms with Gasteiger partial charge in [0.1, 0.15) is 5.82 Å². The fourth-order valence-corrected chi connectivity index (χ4v) is 3.91. The number of fused-ring (bicyclic) bond motifs is 1. The number of carbonyl (C=O) groups excluding carboxylic acids is 1. The molecule has 0 unspecified atom stereocenters. The minimum Gasteiger partial charge on any atom is -0.378 e. The van der Waals surface area contributed by atoms with E-state index in [1.54, 1.807) is 19.2 Å². The van der Waals surface area contributed by atoms with Crippen LogP contribution in [0.2, 0.25) is 5.02 Å². The van der Waals surface area contributed by atoms with Crippen LogP contribution in [0.1, 0.15) is 15.9 Å². The molecule has 0 bridgehead atoms. The van der Waals surface area contributed by atoms with E-state index in [1.807, 2.05) is 48.0 Å². The molecule has 9 heteroatoms. The molecule has 1 fully saturated rings. The minimum atomic E-state index is -0.137. The van der Waals surface area contributed by atoms with E-state index < -0.39 is 0 Å². The molecule has 1 aliphatic rings. The Bertz CT molecular complexity index is 1320. The van der Waals surface area contributed by atoms with Crippen molar-refractivity contribution in [2.45, 2.75) is 12.6 Å². The lowest BCUT2D eigenvalue weighted by atomic mass is 10.1. The van der Waals surface area contributed by atoms with E-state index in [9.17, 15) is 4.79 Å². The van der Waals surface area contributed by atoms with Gasteiger partial charge in [0.15, 0.2) is 0 Å². The van der Waals surface area contributed by atoms with Crippen molar-refractivity contribution in [1.82, 2.24) is 14.5 Å². The summed E-state index contributed by atoms with van der Waals surface area (Å²) in [6.07, 6.45) is 1.52. The normalized spacial score (nSPS) is 13.5. The van der Waals surface area contributed by atoms with E-state index in [4.69, 9.17) is 21.3 Å². The summed E-state index contributed by atoms with van der Waals surface area (Å²) in [6, 6.07) is 17.5. The highest BCUT2D eigenvalue weighted by atomic mass is 35.5. The molecule has 1 amide bonds. The molecule has 4 aromatic rings. The predicted octanol–water partition coefficient (Wildman–Crippen LogP) is 4.32. The summed E-state index contributed by atoms with van der Waals surface area (Å²) in [5.74, 6) is 1.19. The van der Waals surface area contributed by atoms with E-state index in [0.717, 1.165) is 41.4 Å². The van der Waals surface area contributed by atoms with Crippen LogP contribution in [-0.4, -0.2) is 46.7 Å². The second kappa shape index (κ2) is 9.32. The Hall–Kier alpha value is -3.62. The van der Waals surface area contributed by atoms with Gasteiger partial charge in [-0.05, 0) is 48.0 Å². The largest absolute Gasteiger partial charge is 0.378 e. The molecule has 2 aromatic carbocycles. The highest BCUT2D eigenvalue weighted by Gasteiger charge is 2.18. The fraction of sp³-hybridized carbons (Fsp3) is 0.240. The molecule has 174 valence electrons. The number of amides is 1. The SMILES string of the molecule is CN(C(=O)c1ccc(CNc2nc3ccc(NC4COC4)cc3n2C)cc1)c1ccc(Cl)cn1. The van der Waals surface area contributed by atoms with E-state index in [-0.39, 0.29) is 5.91 Å². The van der Waals surface area contributed by atoms with Crippen molar-refractivity contribution in [3.8, 4) is 0 Å².